The number of amides is 1. The Morgan fingerprint density at radius 2 is 2.14 bits per heavy atom. The summed E-state index contributed by atoms with van der Waals surface area (Å²) in [6.45, 7) is 4.39. The molecule has 0 N–H and O–H groups in total. The number of halogens is 1. The van der Waals surface area contributed by atoms with E-state index >= 15 is 0 Å². The van der Waals surface area contributed by atoms with Gasteiger partial charge in [0.1, 0.15) is 15.9 Å². The number of rotatable bonds is 6. The minimum atomic E-state index is -0.525. The summed E-state index contributed by atoms with van der Waals surface area (Å²) in [6, 6.07) is 7.90. The number of hydrogen-bond acceptors (Lipinski definition) is 4. The van der Waals surface area contributed by atoms with Gasteiger partial charge in [-0.05, 0) is 24.5 Å². The molecule has 6 heteroatoms. The van der Waals surface area contributed by atoms with Gasteiger partial charge < -0.3 is 4.90 Å². The maximum Gasteiger partial charge on any atom is 0.245 e. The van der Waals surface area contributed by atoms with Gasteiger partial charge in [0.25, 0.3) is 0 Å². The van der Waals surface area contributed by atoms with Crippen molar-refractivity contribution in [2.45, 2.75) is 38.6 Å². The predicted molar refractivity (Wildman–Crippen MR) is 86.9 cm³/mol. The highest BCUT2D eigenvalue weighted by atomic mass is 35.5. The topological polar surface area (TPSA) is 46.1 Å². The molecule has 1 amide bonds. The second kappa shape index (κ2) is 7.52. The van der Waals surface area contributed by atoms with Gasteiger partial charge in [-0.15, -0.1) is 33.1 Å². The molecular weight excluding hydrogens is 306 g/mol. The Labute approximate surface area is 133 Å². The Kier molecular flexibility index (Phi) is 5.70. The minimum absolute atomic E-state index is 0.0877. The summed E-state index contributed by atoms with van der Waals surface area (Å²) in [4.78, 5) is 14.3. The van der Waals surface area contributed by atoms with Crippen LogP contribution in [0.4, 0.5) is 5.69 Å². The molecular formula is C15H18ClN3OS. The molecule has 0 bridgehead atoms. The Morgan fingerprint density at radius 3 is 2.76 bits per heavy atom. The lowest BCUT2D eigenvalue weighted by molar-refractivity contribution is -0.118. The van der Waals surface area contributed by atoms with Gasteiger partial charge in [0.15, 0.2) is 0 Å². The molecule has 0 fully saturated rings. The van der Waals surface area contributed by atoms with Crippen molar-refractivity contribution in [3.05, 3.63) is 40.3 Å². The van der Waals surface area contributed by atoms with Crippen LogP contribution in [0.3, 0.4) is 0 Å². The highest BCUT2D eigenvalue weighted by Crippen LogP contribution is 2.25. The molecule has 0 aliphatic rings. The molecule has 4 nitrogen and oxygen atoms in total. The standard InChI is InChI=1S/C15H18ClN3OS/c1-3-11-7-5-6-8-13(11)19(15(20)12(16)4-2)9-14-18-17-10-21-14/h5-8,10,12H,3-4,9H2,1-2H3. The number of carbonyl (C=O) groups excluding carboxylic acids is 1. The van der Waals surface area contributed by atoms with Gasteiger partial charge in [0.05, 0.1) is 6.54 Å². The largest absolute Gasteiger partial charge is 0.304 e. The number of aromatic nitrogens is 2. The van der Waals surface area contributed by atoms with Crippen LogP contribution in [0.15, 0.2) is 29.8 Å². The lowest BCUT2D eigenvalue weighted by Crippen LogP contribution is -2.36. The van der Waals surface area contributed by atoms with E-state index in [0.29, 0.717) is 13.0 Å². The van der Waals surface area contributed by atoms with Crippen molar-refractivity contribution >= 4 is 34.5 Å². The zero-order valence-electron chi connectivity index (χ0n) is 12.1. The van der Waals surface area contributed by atoms with E-state index in [-0.39, 0.29) is 5.91 Å². The third-order valence-corrected chi connectivity index (χ3v) is 4.43. The number of nitrogens with zero attached hydrogens (tertiary/aromatic N) is 3. The van der Waals surface area contributed by atoms with Crippen molar-refractivity contribution in [1.29, 1.82) is 0 Å². The molecule has 1 heterocycles. The number of para-hydroxylation sites is 1. The van der Waals surface area contributed by atoms with Gasteiger partial charge in [-0.25, -0.2) is 0 Å². The SMILES string of the molecule is CCc1ccccc1N(Cc1nncs1)C(=O)C(Cl)CC. The van der Waals surface area contributed by atoms with Gasteiger partial charge in [-0.3, -0.25) is 4.79 Å². The predicted octanol–water partition coefficient (Wildman–Crippen LogP) is 3.65. The van der Waals surface area contributed by atoms with E-state index in [1.165, 1.54) is 11.3 Å². The van der Waals surface area contributed by atoms with Crippen molar-refractivity contribution in [2.75, 3.05) is 4.90 Å². The fourth-order valence-electron chi connectivity index (χ4n) is 2.10. The number of carbonyl (C=O) groups is 1. The first-order valence-electron chi connectivity index (χ1n) is 6.95. The highest BCUT2D eigenvalue weighted by Gasteiger charge is 2.24. The summed E-state index contributed by atoms with van der Waals surface area (Å²) in [6.07, 6.45) is 1.45. The van der Waals surface area contributed by atoms with Crippen molar-refractivity contribution < 1.29 is 4.79 Å². The summed E-state index contributed by atoms with van der Waals surface area (Å²) < 4.78 is 0. The molecule has 0 saturated carbocycles. The molecule has 2 aromatic rings. The van der Waals surface area contributed by atoms with E-state index in [4.69, 9.17) is 11.6 Å². The van der Waals surface area contributed by atoms with Gasteiger partial charge in [0.2, 0.25) is 5.91 Å². The number of alkyl halides is 1. The summed E-state index contributed by atoms with van der Waals surface area (Å²) >= 11 is 7.61. The number of hydrogen-bond donors (Lipinski definition) is 0. The van der Waals surface area contributed by atoms with Crippen LogP contribution in [-0.4, -0.2) is 21.5 Å². The zero-order chi connectivity index (χ0) is 15.2. The van der Waals surface area contributed by atoms with Gasteiger partial charge >= 0.3 is 0 Å². The summed E-state index contributed by atoms with van der Waals surface area (Å²) in [5.74, 6) is -0.0877. The molecule has 1 aromatic heterocycles. The molecule has 112 valence electrons. The normalized spacial score (nSPS) is 12.1. The molecule has 2 rings (SSSR count). The van der Waals surface area contributed by atoms with Gasteiger partial charge in [-0.1, -0.05) is 32.0 Å². The lowest BCUT2D eigenvalue weighted by Gasteiger charge is -2.25. The average Bonchev–Trinajstić information content (AvgIpc) is 3.04. The second-order valence-corrected chi connectivity index (χ2v) is 6.06. The Bertz CT molecular complexity index is 588. The fourth-order valence-corrected chi connectivity index (χ4v) is 2.73. The maximum atomic E-state index is 12.6. The molecule has 0 aliphatic carbocycles. The molecule has 1 aromatic carbocycles. The monoisotopic (exact) mass is 323 g/mol. The Morgan fingerprint density at radius 1 is 1.38 bits per heavy atom. The van der Waals surface area contributed by atoms with E-state index in [0.717, 1.165) is 22.7 Å². The van der Waals surface area contributed by atoms with E-state index < -0.39 is 5.38 Å². The molecule has 21 heavy (non-hydrogen) atoms. The smallest absolute Gasteiger partial charge is 0.245 e. The first-order chi connectivity index (χ1) is 10.2. The summed E-state index contributed by atoms with van der Waals surface area (Å²) in [5, 5.41) is 8.14. The Balaban J connectivity index is 2.37. The first-order valence-corrected chi connectivity index (χ1v) is 8.27. The fraction of sp³-hybridized carbons (Fsp3) is 0.400. The number of benzene rings is 1. The molecule has 1 unspecified atom stereocenters. The van der Waals surface area contributed by atoms with Crippen molar-refractivity contribution in [2.24, 2.45) is 0 Å². The minimum Gasteiger partial charge on any atom is -0.304 e. The third-order valence-electron chi connectivity index (χ3n) is 3.25. The zero-order valence-corrected chi connectivity index (χ0v) is 13.7. The first kappa shape index (κ1) is 15.9. The van der Waals surface area contributed by atoms with Crippen LogP contribution < -0.4 is 4.90 Å². The highest BCUT2D eigenvalue weighted by molar-refractivity contribution is 7.09. The van der Waals surface area contributed by atoms with Crippen molar-refractivity contribution in [3.63, 3.8) is 0 Å². The van der Waals surface area contributed by atoms with Crippen LogP contribution in [0.5, 0.6) is 0 Å². The van der Waals surface area contributed by atoms with E-state index in [1.54, 1.807) is 10.4 Å². The van der Waals surface area contributed by atoms with Crippen LogP contribution in [0.25, 0.3) is 0 Å². The van der Waals surface area contributed by atoms with Gasteiger partial charge in [0, 0.05) is 5.69 Å². The lowest BCUT2D eigenvalue weighted by atomic mass is 10.1. The molecule has 0 saturated heterocycles. The summed E-state index contributed by atoms with van der Waals surface area (Å²) in [7, 11) is 0. The van der Waals surface area contributed by atoms with Crippen molar-refractivity contribution in [3.8, 4) is 0 Å². The quantitative estimate of drug-likeness (QED) is 0.762. The molecule has 0 aliphatic heterocycles. The third kappa shape index (κ3) is 3.80. The maximum absolute atomic E-state index is 12.6. The van der Waals surface area contributed by atoms with Crippen molar-refractivity contribution in [1.82, 2.24) is 10.2 Å². The number of anilines is 1. The average molecular weight is 324 g/mol. The Hall–Kier alpha value is -1.46. The van der Waals surface area contributed by atoms with Crippen LogP contribution >= 0.6 is 22.9 Å². The summed E-state index contributed by atoms with van der Waals surface area (Å²) in [5.41, 5.74) is 3.69. The van der Waals surface area contributed by atoms with Gasteiger partial charge in [-0.2, -0.15) is 0 Å². The molecule has 0 radical (unpaired) electrons. The molecule has 1 atom stereocenters. The van der Waals surface area contributed by atoms with Crippen LogP contribution in [0.2, 0.25) is 0 Å². The van der Waals surface area contributed by atoms with Crippen LogP contribution in [-0.2, 0) is 17.8 Å². The van der Waals surface area contributed by atoms with E-state index in [2.05, 4.69) is 17.1 Å². The van der Waals surface area contributed by atoms with E-state index in [1.807, 2.05) is 31.2 Å². The number of aryl methyl sites for hydroxylation is 1. The van der Waals surface area contributed by atoms with Crippen LogP contribution in [0, 0.1) is 0 Å². The van der Waals surface area contributed by atoms with Crippen LogP contribution in [0.1, 0.15) is 30.8 Å². The van der Waals surface area contributed by atoms with E-state index in [9.17, 15) is 4.79 Å². The molecule has 0 spiro atoms. The second-order valence-electron chi connectivity index (χ2n) is 4.61.